The lowest BCUT2D eigenvalue weighted by Crippen LogP contribution is -2.10. The van der Waals surface area contributed by atoms with E-state index in [9.17, 15) is 22.0 Å². The Morgan fingerprint density at radius 1 is 1.40 bits per heavy atom. The number of ether oxygens (including phenoxy) is 1. The molecule has 1 heterocycles. The molecule has 0 spiro atoms. The number of hydrogen-bond acceptors (Lipinski definition) is 6. The lowest BCUT2D eigenvalue weighted by Gasteiger charge is -2.14. The number of nitrogens with zero attached hydrogens (tertiary/aromatic N) is 4. The van der Waals surface area contributed by atoms with Crippen molar-refractivity contribution in [3.05, 3.63) is 35.8 Å². The van der Waals surface area contributed by atoms with Crippen molar-refractivity contribution in [1.82, 2.24) is 20.6 Å². The number of benzene rings is 1. The number of nitrogens with one attached hydrogen (secondary N) is 2. The van der Waals surface area contributed by atoms with E-state index in [4.69, 9.17) is 10.00 Å². The highest BCUT2D eigenvalue weighted by Crippen LogP contribution is 2.35. The van der Waals surface area contributed by atoms with Crippen LogP contribution < -0.4 is 10.1 Å². The Hall–Kier alpha value is -3.23. The number of nitriles is 1. The summed E-state index contributed by atoms with van der Waals surface area (Å²) in [6.07, 6.45) is -6.44. The molecular formula is C13H9F5N6O. The highest BCUT2D eigenvalue weighted by Gasteiger charge is 2.31. The first-order chi connectivity index (χ1) is 11.8. The van der Waals surface area contributed by atoms with Gasteiger partial charge in [0.15, 0.2) is 0 Å². The van der Waals surface area contributed by atoms with Crippen LogP contribution in [0.1, 0.15) is 11.4 Å². The largest absolute Gasteiger partial charge is 0.485 e. The fourth-order valence-electron chi connectivity index (χ4n) is 1.67. The van der Waals surface area contributed by atoms with Crippen molar-refractivity contribution < 1.29 is 26.7 Å². The molecule has 0 saturated carbocycles. The average Bonchev–Trinajstić information content (AvgIpc) is 3.07. The Bertz CT molecular complexity index is 781. The Morgan fingerprint density at radius 3 is 2.72 bits per heavy atom. The molecule has 0 saturated heterocycles. The summed E-state index contributed by atoms with van der Waals surface area (Å²) in [5.41, 5.74) is -1.43. The average molecular weight is 360 g/mol. The number of aromatic amines is 1. The van der Waals surface area contributed by atoms with Gasteiger partial charge < -0.3 is 10.1 Å². The van der Waals surface area contributed by atoms with Crippen LogP contribution in [0.15, 0.2) is 24.4 Å². The topological polar surface area (TPSA) is 99.5 Å². The molecule has 0 aliphatic heterocycles. The Balaban J connectivity index is 2.33. The number of hydrogen-bond donors (Lipinski definition) is 2. The Labute approximate surface area is 137 Å². The summed E-state index contributed by atoms with van der Waals surface area (Å²) in [6, 6.07) is 3.99. The zero-order valence-electron chi connectivity index (χ0n) is 12.2. The van der Waals surface area contributed by atoms with Crippen molar-refractivity contribution in [3.63, 3.8) is 0 Å². The van der Waals surface area contributed by atoms with E-state index in [1.165, 1.54) is 0 Å². The van der Waals surface area contributed by atoms with E-state index in [0.717, 1.165) is 12.3 Å². The van der Waals surface area contributed by atoms with Crippen molar-refractivity contribution in [1.29, 1.82) is 5.26 Å². The summed E-state index contributed by atoms with van der Waals surface area (Å²) in [7, 11) is 0. The summed E-state index contributed by atoms with van der Waals surface area (Å²) in [5.74, 6) is -0.341. The molecule has 7 nitrogen and oxygen atoms in total. The summed E-state index contributed by atoms with van der Waals surface area (Å²) < 4.78 is 67.8. The first-order valence-corrected chi connectivity index (χ1v) is 6.54. The zero-order valence-corrected chi connectivity index (χ0v) is 12.2. The van der Waals surface area contributed by atoms with Gasteiger partial charge in [-0.05, 0) is 23.4 Å². The minimum atomic E-state index is -4.65. The van der Waals surface area contributed by atoms with Crippen LogP contribution in [0.4, 0.5) is 27.6 Å². The normalized spacial score (nSPS) is 12.1. The number of rotatable bonds is 6. The maximum atomic E-state index is 12.8. The fourth-order valence-corrected chi connectivity index (χ4v) is 1.67. The summed E-state index contributed by atoms with van der Waals surface area (Å²) in [6.45, 7) is -1.00. The van der Waals surface area contributed by atoms with Gasteiger partial charge in [-0.15, -0.1) is 10.2 Å². The molecule has 0 aliphatic carbocycles. The predicted octanol–water partition coefficient (Wildman–Crippen LogP) is 2.84. The number of anilines is 1. The van der Waals surface area contributed by atoms with E-state index in [2.05, 4.69) is 25.9 Å². The van der Waals surface area contributed by atoms with Crippen LogP contribution >= 0.6 is 0 Å². The number of allylic oxidation sites excluding steroid dienone is 1. The maximum Gasteiger partial charge on any atom is 0.416 e. The van der Waals surface area contributed by atoms with Gasteiger partial charge >= 0.3 is 6.18 Å². The van der Waals surface area contributed by atoms with E-state index in [1.54, 1.807) is 6.07 Å². The smallest absolute Gasteiger partial charge is 0.416 e. The van der Waals surface area contributed by atoms with E-state index in [1.807, 2.05) is 0 Å². The van der Waals surface area contributed by atoms with Crippen LogP contribution in [0, 0.1) is 11.3 Å². The minimum Gasteiger partial charge on any atom is -0.485 e. The molecule has 0 bridgehead atoms. The fraction of sp³-hybridized carbons (Fsp3) is 0.231. The number of aromatic nitrogens is 4. The van der Waals surface area contributed by atoms with Gasteiger partial charge in [0.2, 0.25) is 5.82 Å². The van der Waals surface area contributed by atoms with Crippen LogP contribution in [0.25, 0.3) is 5.57 Å². The van der Waals surface area contributed by atoms with Crippen LogP contribution in [-0.4, -0.2) is 33.7 Å². The van der Waals surface area contributed by atoms with Crippen molar-refractivity contribution in [2.75, 3.05) is 11.9 Å². The summed E-state index contributed by atoms with van der Waals surface area (Å²) in [5, 5.41) is 23.9. The first kappa shape index (κ1) is 18.1. The highest BCUT2D eigenvalue weighted by atomic mass is 19.4. The number of alkyl halides is 5. The van der Waals surface area contributed by atoms with Gasteiger partial charge in [0.1, 0.15) is 24.0 Å². The van der Waals surface area contributed by atoms with E-state index in [-0.39, 0.29) is 22.8 Å². The summed E-state index contributed by atoms with van der Waals surface area (Å²) in [4.78, 5) is 0. The Kier molecular flexibility index (Phi) is 5.48. The molecule has 0 fully saturated rings. The Morgan fingerprint density at radius 2 is 2.16 bits per heavy atom. The van der Waals surface area contributed by atoms with Crippen molar-refractivity contribution in [2.45, 2.75) is 12.6 Å². The first-order valence-electron chi connectivity index (χ1n) is 6.54. The van der Waals surface area contributed by atoms with E-state index < -0.39 is 24.8 Å². The molecule has 0 amide bonds. The number of H-pyrrole nitrogens is 1. The van der Waals surface area contributed by atoms with Gasteiger partial charge in [-0.2, -0.15) is 23.6 Å². The lowest BCUT2D eigenvalue weighted by atomic mass is 10.1. The van der Waals surface area contributed by atoms with Crippen LogP contribution in [-0.2, 0) is 6.18 Å². The van der Waals surface area contributed by atoms with Gasteiger partial charge in [-0.25, -0.2) is 8.78 Å². The van der Waals surface area contributed by atoms with Crippen molar-refractivity contribution in [3.8, 4) is 11.8 Å². The zero-order chi connectivity index (χ0) is 18.4. The molecule has 132 valence electrons. The third kappa shape index (κ3) is 4.87. The van der Waals surface area contributed by atoms with E-state index >= 15 is 0 Å². The van der Waals surface area contributed by atoms with Crippen LogP contribution in [0.3, 0.4) is 0 Å². The van der Waals surface area contributed by atoms with Gasteiger partial charge in [-0.3, -0.25) is 0 Å². The maximum absolute atomic E-state index is 12.8. The monoisotopic (exact) mass is 360 g/mol. The number of tetrazole rings is 1. The second-order valence-corrected chi connectivity index (χ2v) is 4.46. The second kappa shape index (κ2) is 7.56. The molecule has 0 unspecified atom stereocenters. The van der Waals surface area contributed by atoms with Crippen LogP contribution in [0.2, 0.25) is 0 Å². The number of halogens is 5. The standard InChI is InChI=1S/C13H9F5N6O/c14-11(15)6-25-10-2-1-8(13(16,17)18)3-9(10)20-5-7(4-19)12-21-23-24-22-12/h1-3,5,11,20H,6H2,(H,21,22,23,24). The predicted molar refractivity (Wildman–Crippen MR) is 74.3 cm³/mol. The summed E-state index contributed by atoms with van der Waals surface area (Å²) >= 11 is 0. The molecule has 2 N–H and O–H groups in total. The van der Waals surface area contributed by atoms with Gasteiger partial charge in [0.05, 0.1) is 11.3 Å². The van der Waals surface area contributed by atoms with Crippen molar-refractivity contribution in [2.24, 2.45) is 0 Å². The van der Waals surface area contributed by atoms with Gasteiger partial charge in [-0.1, -0.05) is 0 Å². The molecule has 1 aromatic carbocycles. The third-order valence-electron chi connectivity index (χ3n) is 2.75. The van der Waals surface area contributed by atoms with Crippen LogP contribution in [0.5, 0.6) is 5.75 Å². The molecule has 25 heavy (non-hydrogen) atoms. The van der Waals surface area contributed by atoms with Crippen molar-refractivity contribution >= 4 is 11.3 Å². The second-order valence-electron chi connectivity index (χ2n) is 4.46. The minimum absolute atomic E-state index is 0.1000. The quantitative estimate of drug-likeness (QED) is 0.607. The third-order valence-corrected chi connectivity index (χ3v) is 2.75. The molecule has 12 heteroatoms. The van der Waals surface area contributed by atoms with Gasteiger partial charge in [0, 0.05) is 6.20 Å². The lowest BCUT2D eigenvalue weighted by molar-refractivity contribution is -0.137. The highest BCUT2D eigenvalue weighted by molar-refractivity contribution is 5.75. The molecule has 2 rings (SSSR count). The molecule has 1 aromatic heterocycles. The molecule has 0 radical (unpaired) electrons. The van der Waals surface area contributed by atoms with E-state index in [0.29, 0.717) is 12.1 Å². The molecule has 0 aliphatic rings. The molecule has 2 aromatic rings. The van der Waals surface area contributed by atoms with Gasteiger partial charge in [0.25, 0.3) is 6.43 Å². The SMILES string of the molecule is N#CC(=CNc1cc(C(F)(F)F)ccc1OCC(F)F)c1nn[nH]n1. The molecular weight excluding hydrogens is 351 g/mol. The molecule has 0 atom stereocenters.